The molecular weight excluding hydrogens is 292 g/mol. The molecule has 1 heterocycles. The van der Waals surface area contributed by atoms with Gasteiger partial charge in [0.2, 0.25) is 5.91 Å². The normalized spacial score (nSPS) is 21.1. The van der Waals surface area contributed by atoms with Gasteiger partial charge >= 0.3 is 0 Å². The summed E-state index contributed by atoms with van der Waals surface area (Å²) in [6.07, 6.45) is 2.52. The highest BCUT2D eigenvalue weighted by Crippen LogP contribution is 2.47. The fourth-order valence-corrected chi connectivity index (χ4v) is 3.13. The molecule has 102 valence electrons. The van der Waals surface area contributed by atoms with Crippen LogP contribution in [0.2, 0.25) is 4.34 Å². The van der Waals surface area contributed by atoms with Gasteiger partial charge in [-0.15, -0.1) is 11.3 Å². The van der Waals surface area contributed by atoms with E-state index in [2.05, 4.69) is 22.7 Å². The van der Waals surface area contributed by atoms with Gasteiger partial charge in [-0.05, 0) is 30.0 Å². The van der Waals surface area contributed by atoms with Crippen molar-refractivity contribution in [2.45, 2.75) is 12.3 Å². The van der Waals surface area contributed by atoms with Crippen LogP contribution in [0.1, 0.15) is 22.8 Å². The van der Waals surface area contributed by atoms with Crippen molar-refractivity contribution in [3.05, 3.63) is 57.2 Å². The number of carbonyl (C=O) groups excluding carboxylic acids is 1. The minimum Gasteiger partial charge on any atom is -0.273 e. The van der Waals surface area contributed by atoms with Crippen LogP contribution in [-0.4, -0.2) is 12.1 Å². The molecule has 2 atom stereocenters. The Balaban J connectivity index is 1.53. The van der Waals surface area contributed by atoms with E-state index in [1.165, 1.54) is 16.9 Å². The van der Waals surface area contributed by atoms with E-state index in [1.807, 2.05) is 30.3 Å². The number of nitrogens with zero attached hydrogens (tertiary/aromatic N) is 1. The van der Waals surface area contributed by atoms with Crippen LogP contribution in [0.3, 0.4) is 0 Å². The summed E-state index contributed by atoms with van der Waals surface area (Å²) in [6, 6.07) is 13.8. The third-order valence-electron chi connectivity index (χ3n) is 3.32. The summed E-state index contributed by atoms with van der Waals surface area (Å²) >= 11 is 7.24. The zero-order valence-electron chi connectivity index (χ0n) is 10.6. The zero-order valence-corrected chi connectivity index (χ0v) is 12.2. The van der Waals surface area contributed by atoms with E-state index in [9.17, 15) is 4.79 Å². The highest BCUT2D eigenvalue weighted by Gasteiger charge is 2.43. The summed E-state index contributed by atoms with van der Waals surface area (Å²) in [5.74, 6) is 0.363. The van der Waals surface area contributed by atoms with Crippen LogP contribution in [0, 0.1) is 5.92 Å². The number of thiophene rings is 1. The van der Waals surface area contributed by atoms with Crippen molar-refractivity contribution < 1.29 is 4.79 Å². The summed E-state index contributed by atoms with van der Waals surface area (Å²) < 4.78 is 0.712. The number of amides is 1. The monoisotopic (exact) mass is 304 g/mol. The maximum atomic E-state index is 11.9. The van der Waals surface area contributed by atoms with E-state index in [0.29, 0.717) is 10.3 Å². The highest BCUT2D eigenvalue weighted by atomic mass is 35.5. The molecule has 0 radical (unpaired) electrons. The standard InChI is InChI=1S/C15H13ClN2OS/c16-14-7-6-11(20-14)9-17-18-15(19)13-8-12(13)10-4-2-1-3-5-10/h1-7,9,12-13H,8H2,(H,18,19)/b17-9+. The molecule has 1 aromatic heterocycles. The molecule has 1 N–H and O–H groups in total. The SMILES string of the molecule is O=C(N/N=C/c1ccc(Cl)s1)C1CC1c1ccccc1. The maximum Gasteiger partial charge on any atom is 0.243 e. The van der Waals surface area contributed by atoms with Gasteiger partial charge in [0.25, 0.3) is 0 Å². The minimum absolute atomic E-state index is 0.0160. The summed E-state index contributed by atoms with van der Waals surface area (Å²) in [5.41, 5.74) is 3.82. The van der Waals surface area contributed by atoms with Gasteiger partial charge in [0.1, 0.15) is 0 Å². The van der Waals surface area contributed by atoms with Crippen LogP contribution in [-0.2, 0) is 4.79 Å². The second kappa shape index (κ2) is 5.77. The summed E-state index contributed by atoms with van der Waals surface area (Å²) in [6.45, 7) is 0. The van der Waals surface area contributed by atoms with Gasteiger partial charge in [0, 0.05) is 10.8 Å². The van der Waals surface area contributed by atoms with Crippen molar-refractivity contribution in [3.63, 3.8) is 0 Å². The number of rotatable bonds is 4. The highest BCUT2D eigenvalue weighted by molar-refractivity contribution is 7.17. The average molecular weight is 305 g/mol. The van der Waals surface area contributed by atoms with E-state index < -0.39 is 0 Å². The van der Waals surface area contributed by atoms with Crippen molar-refractivity contribution >= 4 is 35.1 Å². The largest absolute Gasteiger partial charge is 0.273 e. The van der Waals surface area contributed by atoms with Crippen LogP contribution < -0.4 is 5.43 Å². The van der Waals surface area contributed by atoms with Crippen molar-refractivity contribution in [2.75, 3.05) is 0 Å². The first kappa shape index (κ1) is 13.3. The Morgan fingerprint density at radius 3 is 2.80 bits per heavy atom. The molecule has 0 spiro atoms. The number of nitrogens with one attached hydrogen (secondary N) is 1. The molecule has 3 rings (SSSR count). The third-order valence-corrected chi connectivity index (χ3v) is 4.48. The summed E-state index contributed by atoms with van der Waals surface area (Å²) in [5, 5.41) is 3.97. The lowest BCUT2D eigenvalue weighted by Gasteiger charge is -1.99. The smallest absolute Gasteiger partial charge is 0.243 e. The van der Waals surface area contributed by atoms with Gasteiger partial charge in [-0.1, -0.05) is 41.9 Å². The van der Waals surface area contributed by atoms with Gasteiger partial charge < -0.3 is 0 Å². The van der Waals surface area contributed by atoms with Crippen molar-refractivity contribution in [3.8, 4) is 0 Å². The minimum atomic E-state index is -0.0160. The average Bonchev–Trinajstić information content (AvgIpc) is 3.17. The lowest BCUT2D eigenvalue weighted by molar-refractivity contribution is -0.122. The molecular formula is C15H13ClN2OS. The van der Waals surface area contributed by atoms with Crippen molar-refractivity contribution in [1.29, 1.82) is 0 Å². The second-order valence-corrected chi connectivity index (χ2v) is 6.48. The number of hydrazone groups is 1. The second-order valence-electron chi connectivity index (χ2n) is 4.74. The van der Waals surface area contributed by atoms with Gasteiger partial charge in [-0.3, -0.25) is 4.79 Å². The van der Waals surface area contributed by atoms with Crippen molar-refractivity contribution in [1.82, 2.24) is 5.43 Å². The molecule has 1 amide bonds. The van der Waals surface area contributed by atoms with E-state index in [4.69, 9.17) is 11.6 Å². The third kappa shape index (κ3) is 3.08. The molecule has 0 saturated heterocycles. The van der Waals surface area contributed by atoms with Gasteiger partial charge in [-0.2, -0.15) is 5.10 Å². The Morgan fingerprint density at radius 1 is 1.30 bits per heavy atom. The van der Waals surface area contributed by atoms with E-state index >= 15 is 0 Å². The molecule has 1 saturated carbocycles. The fraction of sp³-hybridized carbons (Fsp3) is 0.200. The molecule has 5 heteroatoms. The number of halogens is 1. The first-order valence-corrected chi connectivity index (χ1v) is 7.56. The van der Waals surface area contributed by atoms with E-state index in [0.717, 1.165) is 11.3 Å². The lowest BCUT2D eigenvalue weighted by atomic mass is 10.1. The molecule has 0 bridgehead atoms. The predicted molar refractivity (Wildman–Crippen MR) is 82.4 cm³/mol. The quantitative estimate of drug-likeness (QED) is 0.680. The molecule has 1 aliphatic rings. The fourth-order valence-electron chi connectivity index (χ4n) is 2.19. The molecule has 3 nitrogen and oxygen atoms in total. The molecule has 2 aromatic rings. The van der Waals surface area contributed by atoms with Crippen LogP contribution in [0.15, 0.2) is 47.6 Å². The van der Waals surface area contributed by atoms with E-state index in [1.54, 1.807) is 6.21 Å². The Hall–Kier alpha value is -1.65. The molecule has 1 aliphatic carbocycles. The summed E-state index contributed by atoms with van der Waals surface area (Å²) in [4.78, 5) is 12.9. The Kier molecular flexibility index (Phi) is 3.85. The topological polar surface area (TPSA) is 41.5 Å². The van der Waals surface area contributed by atoms with Gasteiger partial charge in [0.15, 0.2) is 0 Å². The molecule has 20 heavy (non-hydrogen) atoms. The number of hydrogen-bond donors (Lipinski definition) is 1. The summed E-state index contributed by atoms with van der Waals surface area (Å²) in [7, 11) is 0. The zero-order chi connectivity index (χ0) is 13.9. The Morgan fingerprint density at radius 2 is 2.10 bits per heavy atom. The predicted octanol–water partition coefficient (Wildman–Crippen LogP) is 3.66. The molecule has 1 fully saturated rings. The molecule has 0 aliphatic heterocycles. The van der Waals surface area contributed by atoms with Crippen molar-refractivity contribution in [2.24, 2.45) is 11.0 Å². The first-order valence-electron chi connectivity index (χ1n) is 6.37. The van der Waals surface area contributed by atoms with Gasteiger partial charge in [-0.25, -0.2) is 5.43 Å². The van der Waals surface area contributed by atoms with E-state index in [-0.39, 0.29) is 11.8 Å². The number of carbonyl (C=O) groups is 1. The van der Waals surface area contributed by atoms with Crippen LogP contribution in [0.25, 0.3) is 0 Å². The maximum absolute atomic E-state index is 11.9. The van der Waals surface area contributed by atoms with Crippen LogP contribution in [0.4, 0.5) is 0 Å². The Bertz CT molecular complexity index is 638. The lowest BCUT2D eigenvalue weighted by Crippen LogP contribution is -2.19. The Labute approximate surface area is 126 Å². The number of benzene rings is 1. The van der Waals surface area contributed by atoms with Crippen LogP contribution in [0.5, 0.6) is 0 Å². The van der Waals surface area contributed by atoms with Gasteiger partial charge in [0.05, 0.1) is 10.6 Å². The molecule has 2 unspecified atom stereocenters. The van der Waals surface area contributed by atoms with Crippen LogP contribution >= 0.6 is 22.9 Å². The first-order chi connectivity index (χ1) is 9.74. The number of hydrogen-bond acceptors (Lipinski definition) is 3. The molecule has 1 aromatic carbocycles.